The quantitative estimate of drug-likeness (QED) is 0.947. The molecule has 1 saturated heterocycles. The van der Waals surface area contributed by atoms with Crippen molar-refractivity contribution in [3.8, 4) is 11.1 Å². The number of rotatable bonds is 3. The fourth-order valence-electron chi connectivity index (χ4n) is 2.99. The third-order valence-corrected chi connectivity index (χ3v) is 4.17. The molecule has 0 spiro atoms. The Hall–Kier alpha value is -2.27. The van der Waals surface area contributed by atoms with E-state index in [4.69, 9.17) is 0 Å². The Morgan fingerprint density at radius 1 is 1.35 bits per heavy atom. The molecule has 1 aliphatic heterocycles. The summed E-state index contributed by atoms with van der Waals surface area (Å²) in [4.78, 5) is 18.2. The lowest BCUT2D eigenvalue weighted by molar-refractivity contribution is 0.0672. The van der Waals surface area contributed by atoms with E-state index < -0.39 is 12.2 Å². The Labute approximate surface area is 134 Å². The van der Waals surface area contributed by atoms with Crippen LogP contribution in [0.2, 0.25) is 0 Å². The first-order valence-electron chi connectivity index (χ1n) is 7.66. The molecule has 1 amide bonds. The van der Waals surface area contributed by atoms with Gasteiger partial charge in [-0.3, -0.25) is 9.78 Å². The van der Waals surface area contributed by atoms with Crippen molar-refractivity contribution in [1.82, 2.24) is 9.88 Å². The lowest BCUT2D eigenvalue weighted by Gasteiger charge is -2.22. The number of aliphatic hydroxyl groups is 1. The highest BCUT2D eigenvalue weighted by molar-refractivity contribution is 5.95. The molecule has 0 saturated carbocycles. The summed E-state index contributed by atoms with van der Waals surface area (Å²) >= 11 is 0. The van der Waals surface area contributed by atoms with Gasteiger partial charge in [-0.15, -0.1) is 0 Å². The number of aryl methyl sites for hydroxylation is 1. The van der Waals surface area contributed by atoms with Crippen LogP contribution in [-0.2, 0) is 0 Å². The van der Waals surface area contributed by atoms with E-state index in [0.717, 1.165) is 16.7 Å². The van der Waals surface area contributed by atoms with Gasteiger partial charge < -0.3 is 10.0 Å². The summed E-state index contributed by atoms with van der Waals surface area (Å²) < 4.78 is 13.6. The van der Waals surface area contributed by atoms with Gasteiger partial charge in [-0.05, 0) is 18.6 Å². The first kappa shape index (κ1) is 15.6. The summed E-state index contributed by atoms with van der Waals surface area (Å²) in [5, 5.41) is 9.34. The van der Waals surface area contributed by atoms with E-state index >= 15 is 0 Å². The van der Waals surface area contributed by atoms with Crippen LogP contribution in [0, 0.1) is 6.92 Å². The minimum absolute atomic E-state index is 0.0265. The molecule has 1 aliphatic rings. The number of amides is 1. The van der Waals surface area contributed by atoms with E-state index in [2.05, 4.69) is 4.98 Å². The van der Waals surface area contributed by atoms with Crippen LogP contribution in [0.3, 0.4) is 0 Å². The van der Waals surface area contributed by atoms with Gasteiger partial charge in [0, 0.05) is 24.4 Å². The number of hydrogen-bond donors (Lipinski definition) is 1. The van der Waals surface area contributed by atoms with Gasteiger partial charge in [-0.1, -0.05) is 29.8 Å². The van der Waals surface area contributed by atoms with Crippen LogP contribution in [0.5, 0.6) is 0 Å². The molecule has 0 bridgehead atoms. The summed E-state index contributed by atoms with van der Waals surface area (Å²) in [5.41, 5.74) is 3.36. The Kier molecular flexibility index (Phi) is 4.39. The molecule has 0 unspecified atom stereocenters. The van der Waals surface area contributed by atoms with Crippen LogP contribution >= 0.6 is 0 Å². The normalized spacial score (nSPS) is 20.7. The second-order valence-corrected chi connectivity index (χ2v) is 5.96. The molecule has 120 valence electrons. The highest BCUT2D eigenvalue weighted by Crippen LogP contribution is 2.25. The Morgan fingerprint density at radius 3 is 2.91 bits per heavy atom. The van der Waals surface area contributed by atoms with Gasteiger partial charge in [0.2, 0.25) is 0 Å². The molecule has 1 aromatic carbocycles. The predicted molar refractivity (Wildman–Crippen MR) is 85.8 cm³/mol. The molecule has 3 rings (SSSR count). The molecule has 1 fully saturated rings. The third-order valence-electron chi connectivity index (χ3n) is 4.17. The van der Waals surface area contributed by atoms with E-state index in [1.54, 1.807) is 12.3 Å². The summed E-state index contributed by atoms with van der Waals surface area (Å²) in [6.07, 6.45) is 2.30. The van der Waals surface area contributed by atoms with Gasteiger partial charge in [0.15, 0.2) is 0 Å². The van der Waals surface area contributed by atoms with Gasteiger partial charge in [0.1, 0.15) is 6.17 Å². The minimum Gasteiger partial charge on any atom is -0.394 e. The van der Waals surface area contributed by atoms with Crippen molar-refractivity contribution < 1.29 is 14.3 Å². The van der Waals surface area contributed by atoms with E-state index in [9.17, 15) is 14.3 Å². The summed E-state index contributed by atoms with van der Waals surface area (Å²) in [7, 11) is 0. The van der Waals surface area contributed by atoms with Crippen molar-refractivity contribution in [3.05, 3.63) is 53.9 Å². The van der Waals surface area contributed by atoms with E-state index in [0.29, 0.717) is 5.56 Å². The number of aromatic nitrogens is 1. The van der Waals surface area contributed by atoms with Crippen LogP contribution in [0.4, 0.5) is 4.39 Å². The highest BCUT2D eigenvalue weighted by Gasteiger charge is 2.35. The molecular weight excluding hydrogens is 295 g/mol. The number of aliphatic hydroxyl groups excluding tert-OH is 1. The number of alkyl halides is 1. The van der Waals surface area contributed by atoms with Crippen molar-refractivity contribution in [3.63, 3.8) is 0 Å². The number of hydrogen-bond acceptors (Lipinski definition) is 3. The van der Waals surface area contributed by atoms with Crippen LogP contribution in [0.25, 0.3) is 11.1 Å². The lowest BCUT2D eigenvalue weighted by Crippen LogP contribution is -2.37. The Bertz CT molecular complexity index is 720. The predicted octanol–water partition coefficient (Wildman–Crippen LogP) is 2.60. The van der Waals surface area contributed by atoms with Gasteiger partial charge in [0.05, 0.1) is 24.8 Å². The van der Waals surface area contributed by atoms with Crippen molar-refractivity contribution in [1.29, 1.82) is 0 Å². The molecule has 0 aliphatic carbocycles. The van der Waals surface area contributed by atoms with Crippen LogP contribution < -0.4 is 0 Å². The number of nitrogens with zero attached hydrogens (tertiary/aromatic N) is 2. The monoisotopic (exact) mass is 314 g/mol. The third kappa shape index (κ3) is 3.24. The second-order valence-electron chi connectivity index (χ2n) is 5.96. The van der Waals surface area contributed by atoms with Crippen LogP contribution in [0.1, 0.15) is 22.3 Å². The van der Waals surface area contributed by atoms with Gasteiger partial charge in [0.25, 0.3) is 5.91 Å². The number of benzene rings is 1. The average molecular weight is 314 g/mol. The summed E-state index contributed by atoms with van der Waals surface area (Å²) in [6.45, 7) is 1.80. The summed E-state index contributed by atoms with van der Waals surface area (Å²) in [5.74, 6) is -0.286. The van der Waals surface area contributed by atoms with E-state index in [1.807, 2.05) is 31.2 Å². The van der Waals surface area contributed by atoms with Gasteiger partial charge in [-0.2, -0.15) is 0 Å². The lowest BCUT2D eigenvalue weighted by atomic mass is 10.0. The maximum atomic E-state index is 13.6. The smallest absolute Gasteiger partial charge is 0.255 e. The molecule has 1 N–H and O–H groups in total. The molecule has 23 heavy (non-hydrogen) atoms. The molecule has 2 aromatic rings. The Balaban J connectivity index is 1.89. The van der Waals surface area contributed by atoms with Crippen LogP contribution in [0.15, 0.2) is 42.7 Å². The Morgan fingerprint density at radius 2 is 2.17 bits per heavy atom. The van der Waals surface area contributed by atoms with E-state index in [1.165, 1.54) is 11.1 Å². The number of halogens is 1. The molecule has 1 aromatic heterocycles. The minimum atomic E-state index is -1.08. The van der Waals surface area contributed by atoms with Crippen molar-refractivity contribution in [2.45, 2.75) is 25.6 Å². The number of carbonyl (C=O) groups excluding carboxylic acids is 1. The largest absolute Gasteiger partial charge is 0.394 e. The first-order valence-corrected chi connectivity index (χ1v) is 7.66. The molecule has 2 heterocycles. The fourth-order valence-corrected chi connectivity index (χ4v) is 2.99. The van der Waals surface area contributed by atoms with Crippen molar-refractivity contribution in [2.75, 3.05) is 13.2 Å². The van der Waals surface area contributed by atoms with E-state index in [-0.39, 0.29) is 25.5 Å². The highest BCUT2D eigenvalue weighted by atomic mass is 19.1. The zero-order valence-electron chi connectivity index (χ0n) is 12.9. The van der Waals surface area contributed by atoms with Gasteiger partial charge in [-0.25, -0.2) is 4.39 Å². The maximum absolute atomic E-state index is 13.6. The van der Waals surface area contributed by atoms with Crippen molar-refractivity contribution >= 4 is 5.91 Å². The number of pyridine rings is 1. The molecule has 0 radical (unpaired) electrons. The fraction of sp³-hybridized carbons (Fsp3) is 0.333. The van der Waals surface area contributed by atoms with Crippen molar-refractivity contribution in [2.24, 2.45) is 0 Å². The topological polar surface area (TPSA) is 53.4 Å². The molecule has 5 heteroatoms. The molecular formula is C18H19FN2O2. The second kappa shape index (κ2) is 6.46. The SMILES string of the molecule is Cc1cccc(-c2cncc(C(=O)N3C[C@@H](F)C[C@H]3CO)c2)c1. The zero-order valence-corrected chi connectivity index (χ0v) is 12.9. The zero-order chi connectivity index (χ0) is 16.4. The number of likely N-dealkylation sites (tertiary alicyclic amines) is 1. The number of carbonyl (C=O) groups is 1. The van der Waals surface area contributed by atoms with Gasteiger partial charge >= 0.3 is 0 Å². The standard InChI is InChI=1S/C18H19FN2O2/c1-12-3-2-4-13(5-12)14-6-15(9-20-8-14)18(23)21-10-16(19)7-17(21)11-22/h2-6,8-9,16-17,22H,7,10-11H2,1H3/t16-,17-/m0/s1. The summed E-state index contributed by atoms with van der Waals surface area (Å²) in [6, 6.07) is 9.25. The maximum Gasteiger partial charge on any atom is 0.255 e. The molecule has 4 nitrogen and oxygen atoms in total. The first-order chi connectivity index (χ1) is 11.1. The van der Waals surface area contributed by atoms with Crippen LogP contribution in [-0.4, -0.2) is 46.3 Å². The molecule has 2 atom stereocenters. The average Bonchev–Trinajstić information content (AvgIpc) is 2.95.